The highest BCUT2D eigenvalue weighted by Gasteiger charge is 2.33. The van der Waals surface area contributed by atoms with E-state index in [1.165, 1.54) is 6.07 Å². The molecule has 0 radical (unpaired) electrons. The van der Waals surface area contributed by atoms with Crippen molar-refractivity contribution in [1.82, 2.24) is 15.5 Å². The minimum absolute atomic E-state index is 0.0723. The van der Waals surface area contributed by atoms with Gasteiger partial charge >= 0.3 is 0 Å². The van der Waals surface area contributed by atoms with E-state index in [2.05, 4.69) is 15.5 Å². The Hall–Kier alpha value is -2.54. The first-order valence-corrected chi connectivity index (χ1v) is 9.14. The van der Waals surface area contributed by atoms with Gasteiger partial charge in [0.2, 0.25) is 5.91 Å². The molecule has 1 aromatic heterocycles. The summed E-state index contributed by atoms with van der Waals surface area (Å²) < 4.78 is 14.1. The lowest BCUT2D eigenvalue weighted by Gasteiger charge is -2.17. The van der Waals surface area contributed by atoms with Gasteiger partial charge in [-0.25, -0.2) is 4.39 Å². The third-order valence-corrected chi connectivity index (χ3v) is 4.79. The standard InChI is InChI=1S/C20H25FN4O2/c1-12(2)15-6-5-14(8-16(15)21)9-20(27)22-17-10-25(11-18(17)26)19-7-4-13(3)23-24-19/h4-8,12,17-18,26H,9-11H2,1-3H3,(H,22,27)/t17-,18-/m1/s1. The summed E-state index contributed by atoms with van der Waals surface area (Å²) in [5.74, 6) is 0.230. The molecule has 2 heterocycles. The second kappa shape index (κ2) is 8.00. The van der Waals surface area contributed by atoms with E-state index < -0.39 is 12.1 Å². The Labute approximate surface area is 158 Å². The molecule has 0 bridgehead atoms. The van der Waals surface area contributed by atoms with E-state index in [0.717, 1.165) is 5.69 Å². The molecule has 2 atom stereocenters. The van der Waals surface area contributed by atoms with E-state index in [1.54, 1.807) is 12.1 Å². The summed E-state index contributed by atoms with van der Waals surface area (Å²) in [6, 6.07) is 8.21. The first-order chi connectivity index (χ1) is 12.8. The maximum atomic E-state index is 14.1. The summed E-state index contributed by atoms with van der Waals surface area (Å²) in [4.78, 5) is 14.2. The quantitative estimate of drug-likeness (QED) is 0.839. The van der Waals surface area contributed by atoms with E-state index >= 15 is 0 Å². The number of hydrogen-bond donors (Lipinski definition) is 2. The van der Waals surface area contributed by atoms with Gasteiger partial charge in [-0.2, -0.15) is 5.10 Å². The van der Waals surface area contributed by atoms with Gasteiger partial charge < -0.3 is 15.3 Å². The summed E-state index contributed by atoms with van der Waals surface area (Å²) in [6.45, 7) is 6.54. The number of halogens is 1. The number of carbonyl (C=O) groups is 1. The number of rotatable bonds is 5. The lowest BCUT2D eigenvalue weighted by Crippen LogP contribution is -2.43. The Bertz CT molecular complexity index is 810. The molecule has 0 saturated carbocycles. The molecule has 27 heavy (non-hydrogen) atoms. The Morgan fingerprint density at radius 3 is 2.70 bits per heavy atom. The SMILES string of the molecule is Cc1ccc(N2C[C@@H](O)[C@H](NC(=O)Cc3ccc(C(C)C)c(F)c3)C2)nn1. The Morgan fingerprint density at radius 1 is 1.30 bits per heavy atom. The Balaban J connectivity index is 1.59. The van der Waals surface area contributed by atoms with Crippen LogP contribution in [0.1, 0.15) is 36.6 Å². The van der Waals surface area contributed by atoms with Crippen LogP contribution in [0.15, 0.2) is 30.3 Å². The van der Waals surface area contributed by atoms with Crippen molar-refractivity contribution in [2.24, 2.45) is 0 Å². The first kappa shape index (κ1) is 19.2. The number of nitrogens with zero attached hydrogens (tertiary/aromatic N) is 3. The molecule has 0 unspecified atom stereocenters. The number of benzene rings is 1. The fraction of sp³-hybridized carbons (Fsp3) is 0.450. The van der Waals surface area contributed by atoms with Crippen molar-refractivity contribution in [2.45, 2.75) is 45.3 Å². The molecule has 7 heteroatoms. The zero-order valence-corrected chi connectivity index (χ0v) is 15.8. The third kappa shape index (κ3) is 4.60. The number of anilines is 1. The lowest BCUT2D eigenvalue weighted by molar-refractivity contribution is -0.121. The predicted octanol–water partition coefficient (Wildman–Crippen LogP) is 1.96. The van der Waals surface area contributed by atoms with Crippen molar-refractivity contribution in [3.05, 3.63) is 53.0 Å². The summed E-state index contributed by atoms with van der Waals surface area (Å²) in [6.07, 6.45) is -0.625. The molecule has 1 amide bonds. The first-order valence-electron chi connectivity index (χ1n) is 9.14. The fourth-order valence-electron chi connectivity index (χ4n) is 3.27. The molecule has 144 valence electrons. The molecule has 3 rings (SSSR count). The number of amides is 1. The topological polar surface area (TPSA) is 78.4 Å². The van der Waals surface area contributed by atoms with E-state index in [0.29, 0.717) is 30.0 Å². The van der Waals surface area contributed by atoms with Gasteiger partial charge in [-0.3, -0.25) is 4.79 Å². The van der Waals surface area contributed by atoms with E-state index in [1.807, 2.05) is 37.8 Å². The van der Waals surface area contributed by atoms with Gasteiger partial charge in [-0.15, -0.1) is 5.10 Å². The third-order valence-electron chi connectivity index (χ3n) is 4.79. The van der Waals surface area contributed by atoms with Gasteiger partial charge in [0.1, 0.15) is 5.82 Å². The van der Waals surface area contributed by atoms with E-state index in [4.69, 9.17) is 0 Å². The van der Waals surface area contributed by atoms with Crippen LogP contribution in [0.2, 0.25) is 0 Å². The van der Waals surface area contributed by atoms with Gasteiger partial charge in [0.05, 0.1) is 24.3 Å². The van der Waals surface area contributed by atoms with Crippen LogP contribution < -0.4 is 10.2 Å². The molecule has 6 nitrogen and oxygen atoms in total. The van der Waals surface area contributed by atoms with Crippen molar-refractivity contribution in [2.75, 3.05) is 18.0 Å². The average Bonchev–Trinajstić information content (AvgIpc) is 2.95. The Morgan fingerprint density at radius 2 is 2.07 bits per heavy atom. The van der Waals surface area contributed by atoms with Crippen LogP contribution in [0.5, 0.6) is 0 Å². The highest BCUT2D eigenvalue weighted by Crippen LogP contribution is 2.20. The smallest absolute Gasteiger partial charge is 0.224 e. The van der Waals surface area contributed by atoms with Crippen molar-refractivity contribution >= 4 is 11.7 Å². The van der Waals surface area contributed by atoms with E-state index in [9.17, 15) is 14.3 Å². The van der Waals surface area contributed by atoms with Crippen LogP contribution in [0.25, 0.3) is 0 Å². The zero-order chi connectivity index (χ0) is 19.6. The molecule has 1 saturated heterocycles. The highest BCUT2D eigenvalue weighted by atomic mass is 19.1. The molecule has 2 N–H and O–H groups in total. The number of aliphatic hydroxyl groups excluding tert-OH is 1. The molecule has 0 aliphatic carbocycles. The van der Waals surface area contributed by atoms with Crippen molar-refractivity contribution in [3.8, 4) is 0 Å². The summed E-state index contributed by atoms with van der Waals surface area (Å²) in [5.41, 5.74) is 2.07. The van der Waals surface area contributed by atoms with Gasteiger partial charge in [-0.1, -0.05) is 26.0 Å². The second-order valence-corrected chi connectivity index (χ2v) is 7.37. The molecule has 1 aromatic carbocycles. The van der Waals surface area contributed by atoms with Gasteiger partial charge in [-0.05, 0) is 42.2 Å². The number of β-amino-alcohol motifs (C(OH)–C–C–N with tert-alkyl or cyclic N) is 1. The molecular formula is C20H25FN4O2. The highest BCUT2D eigenvalue weighted by molar-refractivity contribution is 5.79. The second-order valence-electron chi connectivity index (χ2n) is 7.37. The van der Waals surface area contributed by atoms with Gasteiger partial charge in [0.25, 0.3) is 0 Å². The number of aryl methyl sites for hydroxylation is 1. The molecule has 2 aromatic rings. The van der Waals surface area contributed by atoms with Crippen LogP contribution in [0.4, 0.5) is 10.2 Å². The maximum absolute atomic E-state index is 14.1. The summed E-state index contributed by atoms with van der Waals surface area (Å²) in [5, 5.41) is 21.3. The van der Waals surface area contributed by atoms with E-state index in [-0.39, 0.29) is 24.1 Å². The Kier molecular flexibility index (Phi) is 5.70. The van der Waals surface area contributed by atoms with Crippen LogP contribution in [-0.2, 0) is 11.2 Å². The summed E-state index contributed by atoms with van der Waals surface area (Å²) >= 11 is 0. The average molecular weight is 372 g/mol. The molecular weight excluding hydrogens is 347 g/mol. The van der Waals surface area contributed by atoms with Gasteiger partial charge in [0, 0.05) is 13.1 Å². The summed E-state index contributed by atoms with van der Waals surface area (Å²) in [7, 11) is 0. The van der Waals surface area contributed by atoms with Gasteiger partial charge in [0.15, 0.2) is 5.82 Å². The zero-order valence-electron chi connectivity index (χ0n) is 15.8. The maximum Gasteiger partial charge on any atom is 0.224 e. The van der Waals surface area contributed by atoms with Crippen molar-refractivity contribution < 1.29 is 14.3 Å². The number of aliphatic hydroxyl groups is 1. The number of nitrogens with one attached hydrogen (secondary N) is 1. The fourth-order valence-corrected chi connectivity index (χ4v) is 3.27. The monoisotopic (exact) mass is 372 g/mol. The molecule has 1 fully saturated rings. The van der Waals surface area contributed by atoms with Crippen LogP contribution in [-0.4, -0.2) is 46.4 Å². The van der Waals surface area contributed by atoms with Crippen LogP contribution in [0, 0.1) is 12.7 Å². The number of carbonyl (C=O) groups excluding carboxylic acids is 1. The molecule has 1 aliphatic heterocycles. The minimum atomic E-state index is -0.697. The van der Waals surface area contributed by atoms with Crippen molar-refractivity contribution in [1.29, 1.82) is 0 Å². The lowest BCUT2D eigenvalue weighted by atomic mass is 10.00. The molecule has 1 aliphatic rings. The number of hydrogen-bond acceptors (Lipinski definition) is 5. The largest absolute Gasteiger partial charge is 0.389 e. The molecule has 0 spiro atoms. The number of aromatic nitrogens is 2. The van der Waals surface area contributed by atoms with Crippen LogP contribution in [0.3, 0.4) is 0 Å². The predicted molar refractivity (Wildman–Crippen MR) is 101 cm³/mol. The van der Waals surface area contributed by atoms with Crippen molar-refractivity contribution in [3.63, 3.8) is 0 Å². The van der Waals surface area contributed by atoms with Crippen LogP contribution >= 0.6 is 0 Å². The minimum Gasteiger partial charge on any atom is -0.389 e. The normalized spacial score (nSPS) is 19.6.